The van der Waals surface area contributed by atoms with Gasteiger partial charge in [0.2, 0.25) is 0 Å². The van der Waals surface area contributed by atoms with E-state index in [9.17, 15) is 4.79 Å². The monoisotopic (exact) mass is 531 g/mol. The molecule has 2 rings (SSSR count). The molecule has 0 aliphatic carbocycles. The lowest BCUT2D eigenvalue weighted by Gasteiger charge is -2.33. The molecule has 1 fully saturated rings. The van der Waals surface area contributed by atoms with Crippen LogP contribution < -0.4 is 5.32 Å². The van der Waals surface area contributed by atoms with Gasteiger partial charge in [0.1, 0.15) is 5.60 Å². The minimum Gasteiger partial charge on any atom is -0.444 e. The zero-order chi connectivity index (χ0) is 21.3. The van der Waals surface area contributed by atoms with Crippen molar-refractivity contribution in [2.75, 3.05) is 33.2 Å². The Labute approximate surface area is 198 Å². The van der Waals surface area contributed by atoms with E-state index in [4.69, 9.17) is 4.74 Å². The Morgan fingerprint density at radius 1 is 1.37 bits per heavy atom. The van der Waals surface area contributed by atoms with E-state index < -0.39 is 5.60 Å². The van der Waals surface area contributed by atoms with E-state index in [1.807, 2.05) is 40.0 Å². The van der Waals surface area contributed by atoms with Crippen LogP contribution in [0.2, 0.25) is 0 Å². The maximum atomic E-state index is 12.7. The summed E-state index contributed by atoms with van der Waals surface area (Å²) in [6, 6.07) is 3.86. The molecule has 170 valence electrons. The average molecular weight is 531 g/mol. The minimum atomic E-state index is -0.518. The first-order chi connectivity index (χ1) is 13.8. The molecule has 7 nitrogen and oxygen atoms in total. The van der Waals surface area contributed by atoms with Crippen molar-refractivity contribution in [1.82, 2.24) is 20.1 Å². The normalized spacial score (nSPS) is 15.4. The van der Waals surface area contributed by atoms with Gasteiger partial charge >= 0.3 is 6.09 Å². The highest BCUT2D eigenvalue weighted by Crippen LogP contribution is 2.16. The van der Waals surface area contributed by atoms with Gasteiger partial charge in [0.15, 0.2) is 5.96 Å². The maximum absolute atomic E-state index is 12.7. The third-order valence-electron chi connectivity index (χ3n) is 4.93. The molecule has 1 N–H and O–H groups in total. The topological polar surface area (TPSA) is 70.1 Å². The zero-order valence-electron chi connectivity index (χ0n) is 19.1. The largest absolute Gasteiger partial charge is 0.444 e. The molecule has 1 aromatic rings. The number of amides is 1. The summed E-state index contributed by atoms with van der Waals surface area (Å²) in [5.74, 6) is 1.74. The third-order valence-corrected chi connectivity index (χ3v) is 4.93. The van der Waals surface area contributed by atoms with Crippen molar-refractivity contribution < 1.29 is 9.53 Å². The number of hydrogen-bond acceptors (Lipinski definition) is 4. The number of ether oxygens (including phenoxy) is 1. The molecule has 0 atom stereocenters. The summed E-state index contributed by atoms with van der Waals surface area (Å²) in [6.07, 6.45) is 6.45. The van der Waals surface area contributed by atoms with Crippen LogP contribution in [0.5, 0.6) is 0 Å². The highest BCUT2D eigenvalue weighted by molar-refractivity contribution is 14.0. The van der Waals surface area contributed by atoms with Crippen LogP contribution >= 0.6 is 24.0 Å². The summed E-state index contributed by atoms with van der Waals surface area (Å²) in [4.78, 5) is 25.3. The first kappa shape index (κ1) is 26.5. The SMILES string of the molecule is CN=C(NCCCN(Cc1cccnc1)C(=O)OC(C)(C)C)N1CCC(C)CC1.I. The van der Waals surface area contributed by atoms with Gasteiger partial charge < -0.3 is 19.9 Å². The Bertz CT molecular complexity index is 655. The predicted molar refractivity (Wildman–Crippen MR) is 132 cm³/mol. The molecule has 0 bridgehead atoms. The number of carbonyl (C=O) groups excluding carboxylic acids is 1. The van der Waals surface area contributed by atoms with Gasteiger partial charge in [-0.1, -0.05) is 13.0 Å². The van der Waals surface area contributed by atoms with Crippen LogP contribution in [0, 0.1) is 5.92 Å². The van der Waals surface area contributed by atoms with Gasteiger partial charge in [0.05, 0.1) is 6.54 Å². The Balaban J connectivity index is 0.00000450. The number of piperidine rings is 1. The number of likely N-dealkylation sites (tertiary alicyclic amines) is 1. The Morgan fingerprint density at radius 2 is 2.07 bits per heavy atom. The number of pyridine rings is 1. The van der Waals surface area contributed by atoms with E-state index >= 15 is 0 Å². The third kappa shape index (κ3) is 9.49. The lowest BCUT2D eigenvalue weighted by atomic mass is 10.00. The van der Waals surface area contributed by atoms with E-state index in [2.05, 4.69) is 27.1 Å². The molecule has 1 amide bonds. The molecule has 1 aliphatic rings. The lowest BCUT2D eigenvalue weighted by molar-refractivity contribution is 0.0232. The number of carbonyl (C=O) groups is 1. The highest BCUT2D eigenvalue weighted by atomic mass is 127. The predicted octanol–water partition coefficient (Wildman–Crippen LogP) is 4.13. The highest BCUT2D eigenvalue weighted by Gasteiger charge is 2.22. The van der Waals surface area contributed by atoms with Crippen LogP contribution in [0.4, 0.5) is 4.79 Å². The van der Waals surface area contributed by atoms with Gasteiger partial charge in [0.25, 0.3) is 0 Å². The Morgan fingerprint density at radius 3 is 2.63 bits per heavy atom. The fourth-order valence-electron chi connectivity index (χ4n) is 3.30. The molecule has 0 saturated carbocycles. The summed E-state index contributed by atoms with van der Waals surface area (Å²) in [6.45, 7) is 11.9. The molecule has 1 aliphatic heterocycles. The number of aromatic nitrogens is 1. The minimum absolute atomic E-state index is 0. The number of rotatable bonds is 6. The average Bonchev–Trinajstić information content (AvgIpc) is 2.67. The Hall–Kier alpha value is -1.58. The van der Waals surface area contributed by atoms with Crippen molar-refractivity contribution in [1.29, 1.82) is 0 Å². The number of nitrogens with one attached hydrogen (secondary N) is 1. The molecule has 0 radical (unpaired) electrons. The molecule has 0 unspecified atom stereocenters. The van der Waals surface area contributed by atoms with Crippen molar-refractivity contribution >= 4 is 36.0 Å². The number of hydrogen-bond donors (Lipinski definition) is 1. The molecule has 0 aromatic carbocycles. The van der Waals surface area contributed by atoms with Crippen molar-refractivity contribution in [2.45, 2.75) is 59.1 Å². The van der Waals surface area contributed by atoms with Gasteiger partial charge in [-0.15, -0.1) is 24.0 Å². The van der Waals surface area contributed by atoms with Crippen LogP contribution in [0.25, 0.3) is 0 Å². The number of aliphatic imine (C=N–C) groups is 1. The van der Waals surface area contributed by atoms with Crippen LogP contribution in [-0.2, 0) is 11.3 Å². The van der Waals surface area contributed by atoms with Gasteiger partial charge in [-0.05, 0) is 57.6 Å². The lowest BCUT2D eigenvalue weighted by Crippen LogP contribution is -2.46. The van der Waals surface area contributed by atoms with Gasteiger partial charge in [-0.2, -0.15) is 0 Å². The van der Waals surface area contributed by atoms with Crippen LogP contribution in [0.1, 0.15) is 52.5 Å². The van der Waals surface area contributed by atoms with E-state index in [1.54, 1.807) is 17.3 Å². The molecule has 30 heavy (non-hydrogen) atoms. The number of halogens is 1. The standard InChI is InChI=1S/C22H37N5O2.HI/c1-18-9-14-26(15-10-18)20(23-5)25-12-7-13-27(21(28)29-22(2,3)4)17-19-8-6-11-24-16-19;/h6,8,11,16,18H,7,9-10,12-15,17H2,1-5H3,(H,23,25);1H. The van der Waals surface area contributed by atoms with Gasteiger partial charge in [-0.25, -0.2) is 4.79 Å². The smallest absolute Gasteiger partial charge is 0.410 e. The molecule has 0 spiro atoms. The molecular formula is C22H38IN5O2. The molecule has 2 heterocycles. The maximum Gasteiger partial charge on any atom is 0.410 e. The van der Waals surface area contributed by atoms with Crippen LogP contribution in [0.3, 0.4) is 0 Å². The summed E-state index contributed by atoms with van der Waals surface area (Å²) >= 11 is 0. The van der Waals surface area contributed by atoms with E-state index in [0.717, 1.165) is 43.5 Å². The van der Waals surface area contributed by atoms with Crippen molar-refractivity contribution in [3.8, 4) is 0 Å². The molecule has 8 heteroatoms. The first-order valence-electron chi connectivity index (χ1n) is 10.6. The summed E-state index contributed by atoms with van der Waals surface area (Å²) in [5, 5.41) is 3.45. The molecular weight excluding hydrogens is 493 g/mol. The number of guanidine groups is 1. The second kappa shape index (κ2) is 13.0. The van der Waals surface area contributed by atoms with Crippen molar-refractivity contribution in [2.24, 2.45) is 10.9 Å². The second-order valence-electron chi connectivity index (χ2n) is 8.76. The van der Waals surface area contributed by atoms with Crippen molar-refractivity contribution in [3.63, 3.8) is 0 Å². The molecule has 1 saturated heterocycles. The first-order valence-corrected chi connectivity index (χ1v) is 10.6. The quantitative estimate of drug-likeness (QED) is 0.259. The second-order valence-corrected chi connectivity index (χ2v) is 8.76. The van der Waals surface area contributed by atoms with Gasteiger partial charge in [-0.3, -0.25) is 9.98 Å². The molecule has 1 aromatic heterocycles. The Kier molecular flexibility index (Phi) is 11.4. The fraction of sp³-hybridized carbons (Fsp3) is 0.682. The van der Waals surface area contributed by atoms with Crippen molar-refractivity contribution in [3.05, 3.63) is 30.1 Å². The van der Waals surface area contributed by atoms with Gasteiger partial charge in [0, 0.05) is 45.6 Å². The fourth-order valence-corrected chi connectivity index (χ4v) is 3.30. The van der Waals surface area contributed by atoms with Crippen LogP contribution in [-0.4, -0.2) is 65.7 Å². The summed E-state index contributed by atoms with van der Waals surface area (Å²) in [7, 11) is 1.83. The summed E-state index contributed by atoms with van der Waals surface area (Å²) in [5.41, 5.74) is 0.472. The van der Waals surface area contributed by atoms with E-state index in [1.165, 1.54) is 12.8 Å². The van der Waals surface area contributed by atoms with E-state index in [-0.39, 0.29) is 30.1 Å². The zero-order valence-corrected chi connectivity index (χ0v) is 21.4. The van der Waals surface area contributed by atoms with Crippen LogP contribution in [0.15, 0.2) is 29.5 Å². The van der Waals surface area contributed by atoms with E-state index in [0.29, 0.717) is 13.1 Å². The number of nitrogens with zero attached hydrogens (tertiary/aromatic N) is 4. The summed E-state index contributed by atoms with van der Waals surface area (Å²) < 4.78 is 5.59.